The summed E-state index contributed by atoms with van der Waals surface area (Å²) in [5.41, 5.74) is 4.01. The van der Waals surface area contributed by atoms with Crippen LogP contribution >= 0.6 is 11.6 Å². The number of nitro benzene ring substituents is 1. The maximum Gasteiger partial charge on any atom is 0.270 e. The SMILES string of the molecule is [C-]#[N+]c1ccc([N+](=O)[O-])cc1OCCNCCc1nc(Cl)nc2c1CCC2c1ccc(F)cc1. The first-order valence-electron chi connectivity index (χ1n) is 10.8. The van der Waals surface area contributed by atoms with Crippen LogP contribution in [0.25, 0.3) is 4.85 Å². The summed E-state index contributed by atoms with van der Waals surface area (Å²) in [7, 11) is 0. The molecule has 0 saturated carbocycles. The molecule has 1 aliphatic carbocycles. The molecule has 0 bridgehead atoms. The lowest BCUT2D eigenvalue weighted by atomic mass is 9.96. The zero-order chi connectivity index (χ0) is 24.1. The molecular formula is C24H21ClFN5O3. The lowest BCUT2D eigenvalue weighted by Gasteiger charge is -2.13. The molecule has 4 rings (SSSR count). The number of nitrogens with zero attached hydrogens (tertiary/aromatic N) is 4. The van der Waals surface area contributed by atoms with E-state index in [0.29, 0.717) is 19.5 Å². The van der Waals surface area contributed by atoms with Crippen molar-refractivity contribution < 1.29 is 14.1 Å². The van der Waals surface area contributed by atoms with Crippen LogP contribution in [0.2, 0.25) is 5.28 Å². The zero-order valence-corrected chi connectivity index (χ0v) is 18.9. The second-order valence-electron chi connectivity index (χ2n) is 7.82. The number of aromatic nitrogens is 2. The molecule has 1 atom stereocenters. The quantitative estimate of drug-likeness (QED) is 0.152. The van der Waals surface area contributed by atoms with E-state index in [1.54, 1.807) is 12.1 Å². The second kappa shape index (κ2) is 10.5. The monoisotopic (exact) mass is 481 g/mol. The van der Waals surface area contributed by atoms with E-state index in [9.17, 15) is 14.5 Å². The van der Waals surface area contributed by atoms with Crippen molar-refractivity contribution in [1.29, 1.82) is 0 Å². The predicted octanol–water partition coefficient (Wildman–Crippen LogP) is 5.02. The van der Waals surface area contributed by atoms with E-state index in [1.165, 1.54) is 30.3 Å². The molecule has 34 heavy (non-hydrogen) atoms. The summed E-state index contributed by atoms with van der Waals surface area (Å²) in [5.74, 6) is -0.00439. The molecule has 0 radical (unpaired) electrons. The highest BCUT2D eigenvalue weighted by atomic mass is 35.5. The van der Waals surface area contributed by atoms with Crippen LogP contribution in [-0.2, 0) is 12.8 Å². The lowest BCUT2D eigenvalue weighted by Crippen LogP contribution is -2.24. The van der Waals surface area contributed by atoms with Crippen molar-refractivity contribution in [2.75, 3.05) is 19.7 Å². The molecule has 0 saturated heterocycles. The summed E-state index contributed by atoms with van der Waals surface area (Å²) in [6.45, 7) is 8.53. The van der Waals surface area contributed by atoms with Gasteiger partial charge >= 0.3 is 0 Å². The average molecular weight is 482 g/mol. The molecule has 1 unspecified atom stereocenters. The Hall–Kier alpha value is -3.61. The lowest BCUT2D eigenvalue weighted by molar-refractivity contribution is -0.384. The molecule has 8 nitrogen and oxygen atoms in total. The Morgan fingerprint density at radius 3 is 2.76 bits per heavy atom. The van der Waals surface area contributed by atoms with Gasteiger partial charge in [0.05, 0.1) is 29.5 Å². The number of benzene rings is 2. The molecule has 0 aliphatic heterocycles. The van der Waals surface area contributed by atoms with Crippen LogP contribution < -0.4 is 10.1 Å². The van der Waals surface area contributed by atoms with Crippen LogP contribution in [0.3, 0.4) is 0 Å². The van der Waals surface area contributed by atoms with E-state index in [4.69, 9.17) is 22.9 Å². The van der Waals surface area contributed by atoms with Gasteiger partial charge in [0.1, 0.15) is 11.6 Å². The van der Waals surface area contributed by atoms with Crippen molar-refractivity contribution in [3.05, 3.63) is 97.6 Å². The smallest absolute Gasteiger partial charge is 0.270 e. The molecular weight excluding hydrogens is 461 g/mol. The van der Waals surface area contributed by atoms with Crippen LogP contribution in [0.5, 0.6) is 5.75 Å². The zero-order valence-electron chi connectivity index (χ0n) is 18.1. The first-order chi connectivity index (χ1) is 16.5. The molecule has 2 aromatic carbocycles. The van der Waals surface area contributed by atoms with Gasteiger partial charge in [-0.1, -0.05) is 12.1 Å². The summed E-state index contributed by atoms with van der Waals surface area (Å²) in [5, 5.41) is 14.4. The van der Waals surface area contributed by atoms with E-state index in [-0.39, 0.29) is 40.7 Å². The third kappa shape index (κ3) is 5.30. The number of nitrogens with one attached hydrogen (secondary N) is 1. The van der Waals surface area contributed by atoms with Crippen LogP contribution in [0.1, 0.15) is 34.9 Å². The number of nitro groups is 1. The van der Waals surface area contributed by atoms with Gasteiger partial charge in [-0.2, -0.15) is 0 Å². The fraction of sp³-hybridized carbons (Fsp3) is 0.292. The largest absolute Gasteiger partial charge is 0.503 e. The highest BCUT2D eigenvalue weighted by Crippen LogP contribution is 2.38. The van der Waals surface area contributed by atoms with Gasteiger partial charge in [0, 0.05) is 37.6 Å². The average Bonchev–Trinajstić information content (AvgIpc) is 3.25. The Morgan fingerprint density at radius 2 is 2.03 bits per heavy atom. The van der Waals surface area contributed by atoms with Crippen LogP contribution in [-0.4, -0.2) is 34.6 Å². The maximum absolute atomic E-state index is 13.3. The van der Waals surface area contributed by atoms with Gasteiger partial charge in [0.15, 0.2) is 0 Å². The summed E-state index contributed by atoms with van der Waals surface area (Å²) in [6.07, 6.45) is 2.35. The Kier molecular flexibility index (Phi) is 7.30. The number of rotatable bonds is 9. The molecule has 1 aromatic heterocycles. The minimum Gasteiger partial charge on any atom is -0.503 e. The van der Waals surface area contributed by atoms with Crippen molar-refractivity contribution in [2.45, 2.75) is 25.2 Å². The van der Waals surface area contributed by atoms with Crippen LogP contribution in [0, 0.1) is 22.5 Å². The molecule has 174 valence electrons. The fourth-order valence-electron chi connectivity index (χ4n) is 4.12. The standard InChI is InChI=1S/C24H21ClFN5O3/c1-27-21-9-6-17(31(32)33)14-22(21)34-13-12-28-11-10-20-19-8-7-18(23(19)30-24(25)29-20)15-2-4-16(26)5-3-15/h2-6,9,14,18,28H,7-8,10-13H2. The summed E-state index contributed by atoms with van der Waals surface area (Å²) in [6, 6.07) is 10.4. The summed E-state index contributed by atoms with van der Waals surface area (Å²) in [4.78, 5) is 22.7. The number of non-ortho nitro benzene ring substituents is 1. The van der Waals surface area contributed by atoms with Crippen LogP contribution in [0.4, 0.5) is 15.8 Å². The number of halogens is 2. The van der Waals surface area contributed by atoms with E-state index in [0.717, 1.165) is 35.4 Å². The van der Waals surface area contributed by atoms with Crippen molar-refractivity contribution in [2.24, 2.45) is 0 Å². The molecule has 1 heterocycles. The molecule has 0 fully saturated rings. The molecule has 0 spiro atoms. The second-order valence-corrected chi connectivity index (χ2v) is 8.15. The molecule has 1 N–H and O–H groups in total. The van der Waals surface area contributed by atoms with E-state index < -0.39 is 4.92 Å². The van der Waals surface area contributed by atoms with E-state index >= 15 is 0 Å². The highest BCUT2D eigenvalue weighted by Gasteiger charge is 2.29. The van der Waals surface area contributed by atoms with Crippen molar-refractivity contribution in [1.82, 2.24) is 15.3 Å². The number of ether oxygens (including phenoxy) is 1. The Labute approximate surface area is 200 Å². The predicted molar refractivity (Wildman–Crippen MR) is 125 cm³/mol. The number of fused-ring (bicyclic) bond motifs is 1. The third-order valence-electron chi connectivity index (χ3n) is 5.73. The first kappa shape index (κ1) is 23.5. The van der Waals surface area contributed by atoms with Crippen molar-refractivity contribution in [3.63, 3.8) is 0 Å². The fourth-order valence-corrected chi connectivity index (χ4v) is 4.31. The van der Waals surface area contributed by atoms with E-state index in [1.807, 2.05) is 0 Å². The molecule has 10 heteroatoms. The first-order valence-corrected chi connectivity index (χ1v) is 11.1. The summed E-state index contributed by atoms with van der Waals surface area (Å²) >= 11 is 6.21. The summed E-state index contributed by atoms with van der Waals surface area (Å²) < 4.78 is 18.9. The highest BCUT2D eigenvalue weighted by molar-refractivity contribution is 6.28. The van der Waals surface area contributed by atoms with Gasteiger partial charge < -0.3 is 10.1 Å². The molecule has 0 amide bonds. The van der Waals surface area contributed by atoms with Gasteiger partial charge in [0.25, 0.3) is 5.69 Å². The minimum atomic E-state index is -0.523. The Bertz CT molecular complexity index is 1250. The van der Waals surface area contributed by atoms with Crippen molar-refractivity contribution in [3.8, 4) is 5.75 Å². The minimum absolute atomic E-state index is 0.0720. The Balaban J connectivity index is 1.33. The van der Waals surface area contributed by atoms with Gasteiger partial charge in [-0.25, -0.2) is 19.2 Å². The normalized spacial score (nSPS) is 14.4. The molecule has 1 aliphatic rings. The van der Waals surface area contributed by atoms with Gasteiger partial charge in [-0.15, -0.1) is 0 Å². The number of hydrogen-bond donors (Lipinski definition) is 1. The maximum atomic E-state index is 13.3. The van der Waals surface area contributed by atoms with Gasteiger partial charge in [-0.3, -0.25) is 10.1 Å². The van der Waals surface area contributed by atoms with Crippen LogP contribution in [0.15, 0.2) is 42.5 Å². The Morgan fingerprint density at radius 1 is 1.24 bits per heavy atom. The van der Waals surface area contributed by atoms with E-state index in [2.05, 4.69) is 20.1 Å². The van der Waals surface area contributed by atoms with Gasteiger partial charge in [0.2, 0.25) is 11.0 Å². The van der Waals surface area contributed by atoms with Gasteiger partial charge in [-0.05, 0) is 53.8 Å². The van der Waals surface area contributed by atoms with Crippen molar-refractivity contribution >= 4 is 23.0 Å². The molecule has 3 aromatic rings. The topological polar surface area (TPSA) is 94.5 Å². The number of hydrogen-bond acceptors (Lipinski definition) is 6. The third-order valence-corrected chi connectivity index (χ3v) is 5.90.